The number of hydrogen-bond acceptors (Lipinski definition) is 3. The van der Waals surface area contributed by atoms with Gasteiger partial charge in [-0.15, -0.1) is 0 Å². The van der Waals surface area contributed by atoms with E-state index in [1.54, 1.807) is 6.92 Å². The molecule has 2 saturated carbocycles. The van der Waals surface area contributed by atoms with Crippen molar-refractivity contribution >= 4 is 5.78 Å². The monoisotopic (exact) mass is 381 g/mol. The Kier molecular flexibility index (Phi) is 7.16. The molecule has 2 aliphatic carbocycles. The highest BCUT2D eigenvalue weighted by molar-refractivity contribution is 5.94. The summed E-state index contributed by atoms with van der Waals surface area (Å²) in [5.41, 5.74) is 0.688. The molecule has 152 valence electrons. The van der Waals surface area contributed by atoms with Gasteiger partial charge in [0, 0.05) is 5.56 Å². The highest BCUT2D eigenvalue weighted by Gasteiger charge is 2.43. The van der Waals surface area contributed by atoms with Crippen molar-refractivity contribution in [3.05, 3.63) is 29.8 Å². The number of rotatable bonds is 8. The van der Waals surface area contributed by atoms with E-state index in [9.17, 15) is 10.1 Å². The molecule has 0 saturated heterocycles. The molecule has 0 amide bonds. The molecule has 1 aromatic rings. The minimum absolute atomic E-state index is 0.0435. The molecule has 3 rings (SSSR count). The van der Waals surface area contributed by atoms with Gasteiger partial charge in [0.2, 0.25) is 0 Å². The van der Waals surface area contributed by atoms with E-state index in [2.05, 4.69) is 13.0 Å². The molecule has 0 spiro atoms. The van der Waals surface area contributed by atoms with Gasteiger partial charge in [0.25, 0.3) is 0 Å². The third kappa shape index (κ3) is 5.16. The summed E-state index contributed by atoms with van der Waals surface area (Å²) in [7, 11) is 0. The third-order valence-corrected chi connectivity index (χ3v) is 7.14. The van der Waals surface area contributed by atoms with Crippen molar-refractivity contribution in [2.24, 2.45) is 23.2 Å². The number of carbonyl (C=O) groups is 1. The van der Waals surface area contributed by atoms with E-state index < -0.39 is 0 Å². The number of unbranched alkanes of at least 4 members (excludes halogenated alkanes) is 2. The highest BCUT2D eigenvalue weighted by Crippen LogP contribution is 2.51. The summed E-state index contributed by atoms with van der Waals surface area (Å²) >= 11 is 0. The summed E-state index contributed by atoms with van der Waals surface area (Å²) < 4.78 is 6.02. The van der Waals surface area contributed by atoms with Crippen LogP contribution in [-0.4, -0.2) is 12.4 Å². The van der Waals surface area contributed by atoms with Crippen molar-refractivity contribution < 1.29 is 9.53 Å². The number of ether oxygens (including phenoxy) is 1. The summed E-state index contributed by atoms with van der Waals surface area (Å²) in [6, 6.07) is 10.2. The molecule has 0 aliphatic heterocycles. The fourth-order valence-electron chi connectivity index (χ4n) is 5.36. The van der Waals surface area contributed by atoms with Crippen LogP contribution >= 0.6 is 0 Å². The van der Waals surface area contributed by atoms with E-state index in [0.717, 1.165) is 49.0 Å². The lowest BCUT2D eigenvalue weighted by Crippen LogP contribution is -2.37. The maximum absolute atomic E-state index is 11.4. The van der Waals surface area contributed by atoms with Crippen molar-refractivity contribution in [2.45, 2.75) is 78.1 Å². The normalized spacial score (nSPS) is 29.5. The first-order chi connectivity index (χ1) is 13.5. The molecule has 0 bridgehead atoms. The van der Waals surface area contributed by atoms with E-state index in [-0.39, 0.29) is 11.2 Å². The zero-order valence-corrected chi connectivity index (χ0v) is 17.6. The number of fused-ring (bicyclic) bond motifs is 1. The number of benzene rings is 1. The molecule has 3 heteroatoms. The molecule has 28 heavy (non-hydrogen) atoms. The van der Waals surface area contributed by atoms with Crippen molar-refractivity contribution in [3.8, 4) is 11.8 Å². The topological polar surface area (TPSA) is 50.1 Å². The zero-order chi connectivity index (χ0) is 20.0. The van der Waals surface area contributed by atoms with Gasteiger partial charge in [-0.3, -0.25) is 4.79 Å². The predicted octanol–water partition coefficient (Wildman–Crippen LogP) is 6.57. The second-order valence-corrected chi connectivity index (χ2v) is 9.18. The van der Waals surface area contributed by atoms with Crippen molar-refractivity contribution in [1.29, 1.82) is 5.26 Å². The van der Waals surface area contributed by atoms with Gasteiger partial charge in [-0.25, -0.2) is 0 Å². The van der Waals surface area contributed by atoms with Gasteiger partial charge in [0.15, 0.2) is 5.78 Å². The number of hydrogen-bond donors (Lipinski definition) is 0. The molecule has 3 nitrogen and oxygen atoms in total. The van der Waals surface area contributed by atoms with Gasteiger partial charge in [-0.05, 0) is 93.9 Å². The minimum Gasteiger partial charge on any atom is -0.493 e. The molecule has 2 unspecified atom stereocenters. The van der Waals surface area contributed by atoms with Crippen LogP contribution in [0.4, 0.5) is 0 Å². The number of nitriles is 1. The number of Topliss-reactive ketones (excluding diaryl/α,β-unsaturated/α-hetero) is 1. The van der Waals surface area contributed by atoms with Crippen LogP contribution in [0.25, 0.3) is 0 Å². The van der Waals surface area contributed by atoms with Crippen LogP contribution in [0.5, 0.6) is 5.75 Å². The number of nitrogens with zero attached hydrogens (tertiary/aromatic N) is 1. The summed E-state index contributed by atoms with van der Waals surface area (Å²) in [5, 5.41) is 9.86. The van der Waals surface area contributed by atoms with Crippen LogP contribution in [0.2, 0.25) is 0 Å². The molecule has 0 radical (unpaired) electrons. The van der Waals surface area contributed by atoms with Crippen molar-refractivity contribution in [2.75, 3.05) is 6.61 Å². The van der Waals surface area contributed by atoms with Crippen molar-refractivity contribution in [3.63, 3.8) is 0 Å². The molecule has 1 aromatic carbocycles. The van der Waals surface area contributed by atoms with Crippen molar-refractivity contribution in [1.82, 2.24) is 0 Å². The van der Waals surface area contributed by atoms with E-state index in [1.165, 1.54) is 44.9 Å². The summed E-state index contributed by atoms with van der Waals surface area (Å²) in [5.74, 6) is 3.07. The first kappa shape index (κ1) is 20.9. The smallest absolute Gasteiger partial charge is 0.159 e. The molecular formula is C25H35NO2. The van der Waals surface area contributed by atoms with E-state index >= 15 is 0 Å². The van der Waals surface area contributed by atoms with Crippen LogP contribution < -0.4 is 4.74 Å². The van der Waals surface area contributed by atoms with Gasteiger partial charge in [0.1, 0.15) is 5.75 Å². The van der Waals surface area contributed by atoms with Gasteiger partial charge in [-0.2, -0.15) is 5.26 Å². The van der Waals surface area contributed by atoms with E-state index in [4.69, 9.17) is 4.74 Å². The standard InChI is InChI=1S/C25H35NO2/c1-3-4-5-13-25(18-26)14-12-22-15-20(6-7-23(22)16-25)17-28-24-10-8-21(9-11-24)19(2)27/h8-11,20,22-23H,3-7,12-17H2,1-2H3/t20?,22-,23?,25+/m1/s1. The van der Waals surface area contributed by atoms with Crippen LogP contribution in [0.1, 0.15) is 88.4 Å². The average molecular weight is 382 g/mol. The third-order valence-electron chi connectivity index (χ3n) is 7.14. The summed E-state index contributed by atoms with van der Waals surface area (Å²) in [6.07, 6.45) is 11.9. The Hall–Kier alpha value is -1.82. The van der Waals surface area contributed by atoms with Gasteiger partial charge >= 0.3 is 0 Å². The summed E-state index contributed by atoms with van der Waals surface area (Å²) in [6.45, 7) is 4.59. The van der Waals surface area contributed by atoms with Crippen LogP contribution in [0.3, 0.4) is 0 Å². The fourth-order valence-corrected chi connectivity index (χ4v) is 5.36. The largest absolute Gasteiger partial charge is 0.493 e. The lowest BCUT2D eigenvalue weighted by atomic mass is 9.59. The van der Waals surface area contributed by atoms with Gasteiger partial charge < -0.3 is 4.74 Å². The maximum atomic E-state index is 11.4. The molecule has 4 atom stereocenters. The summed E-state index contributed by atoms with van der Waals surface area (Å²) in [4.78, 5) is 11.4. The van der Waals surface area contributed by atoms with E-state index in [1.807, 2.05) is 24.3 Å². The van der Waals surface area contributed by atoms with Crippen LogP contribution in [-0.2, 0) is 0 Å². The Labute approximate surface area is 170 Å². The Morgan fingerprint density at radius 3 is 2.64 bits per heavy atom. The maximum Gasteiger partial charge on any atom is 0.159 e. The van der Waals surface area contributed by atoms with Gasteiger partial charge in [-0.1, -0.05) is 26.2 Å². The average Bonchev–Trinajstić information content (AvgIpc) is 2.72. The fraction of sp³-hybridized carbons (Fsp3) is 0.680. The Morgan fingerprint density at radius 1 is 1.18 bits per heavy atom. The first-order valence-electron chi connectivity index (χ1n) is 11.2. The number of ketones is 1. The molecule has 0 aromatic heterocycles. The lowest BCUT2D eigenvalue weighted by molar-refractivity contribution is 0.0507. The second kappa shape index (κ2) is 9.59. The Bertz CT molecular complexity index is 689. The molecule has 0 N–H and O–H groups in total. The highest BCUT2D eigenvalue weighted by atomic mass is 16.5. The molecule has 0 heterocycles. The van der Waals surface area contributed by atoms with Crippen LogP contribution in [0.15, 0.2) is 24.3 Å². The zero-order valence-electron chi connectivity index (χ0n) is 17.6. The van der Waals surface area contributed by atoms with E-state index in [0.29, 0.717) is 5.92 Å². The van der Waals surface area contributed by atoms with Crippen LogP contribution in [0, 0.1) is 34.5 Å². The molecular weight excluding hydrogens is 346 g/mol. The molecule has 2 aliphatic rings. The second-order valence-electron chi connectivity index (χ2n) is 9.18. The Balaban J connectivity index is 1.48. The molecule has 2 fully saturated rings. The predicted molar refractivity (Wildman–Crippen MR) is 112 cm³/mol. The first-order valence-corrected chi connectivity index (χ1v) is 11.2. The SMILES string of the molecule is CCCCC[C@]1(C#N)CC[C@@H]2CC(COc3ccc(C(C)=O)cc3)CCC2C1. The van der Waals surface area contributed by atoms with Gasteiger partial charge in [0.05, 0.1) is 18.1 Å². The number of carbonyl (C=O) groups excluding carboxylic acids is 1. The minimum atomic E-state index is -0.0435. The lowest BCUT2D eigenvalue weighted by Gasteiger charge is -2.45. The Morgan fingerprint density at radius 2 is 1.96 bits per heavy atom. The quantitative estimate of drug-likeness (QED) is 0.378.